The quantitative estimate of drug-likeness (QED) is 0.933. The first-order valence-electron chi connectivity index (χ1n) is 7.47. The molecule has 0 bridgehead atoms. The number of nitrogens with zero attached hydrogens (tertiary/aromatic N) is 2. The van der Waals surface area contributed by atoms with Gasteiger partial charge in [0, 0.05) is 30.6 Å². The van der Waals surface area contributed by atoms with Crippen LogP contribution in [0, 0.1) is 0 Å². The molecule has 1 fully saturated rings. The summed E-state index contributed by atoms with van der Waals surface area (Å²) in [5, 5.41) is 1.77. The van der Waals surface area contributed by atoms with E-state index in [1.165, 1.54) is 11.5 Å². The van der Waals surface area contributed by atoms with Gasteiger partial charge in [0.25, 0.3) is 5.56 Å². The molecule has 1 saturated heterocycles. The fourth-order valence-corrected chi connectivity index (χ4v) is 3.34. The third-order valence-corrected chi connectivity index (χ3v) is 4.68. The number of hydrogen-bond acceptors (Lipinski definition) is 4. The van der Waals surface area contributed by atoms with E-state index in [9.17, 15) is 9.59 Å². The van der Waals surface area contributed by atoms with Crippen molar-refractivity contribution in [2.45, 2.75) is 25.3 Å². The first-order valence-corrected chi connectivity index (χ1v) is 8.31. The average Bonchev–Trinajstić information content (AvgIpc) is 2.94. The number of carbonyl (C=O) groups is 1. The van der Waals surface area contributed by atoms with Crippen LogP contribution in [-0.2, 0) is 11.2 Å². The van der Waals surface area contributed by atoms with Gasteiger partial charge in [-0.15, -0.1) is 0 Å². The molecule has 1 aromatic carbocycles. The van der Waals surface area contributed by atoms with Crippen molar-refractivity contribution in [1.82, 2.24) is 8.97 Å². The molecule has 0 radical (unpaired) electrons. The van der Waals surface area contributed by atoms with Crippen molar-refractivity contribution < 1.29 is 4.79 Å². The average molecular weight is 317 g/mol. The summed E-state index contributed by atoms with van der Waals surface area (Å²) >= 11 is 1.36. The highest BCUT2D eigenvalue weighted by Gasteiger charge is 2.23. The molecule has 2 heterocycles. The molecular weight excluding hydrogens is 298 g/mol. The van der Waals surface area contributed by atoms with Crippen molar-refractivity contribution >= 4 is 17.4 Å². The van der Waals surface area contributed by atoms with Crippen molar-refractivity contribution in [2.24, 2.45) is 0 Å². The Labute approximate surface area is 133 Å². The van der Waals surface area contributed by atoms with Gasteiger partial charge < -0.3 is 10.3 Å². The Hall–Kier alpha value is -2.08. The lowest BCUT2D eigenvalue weighted by Crippen LogP contribution is -2.45. The molecular formula is C16H19N3O2S. The number of nitrogens with one attached hydrogen (secondary N) is 1. The summed E-state index contributed by atoms with van der Waals surface area (Å²) < 4.78 is 1.56. The van der Waals surface area contributed by atoms with E-state index in [4.69, 9.17) is 0 Å². The molecule has 1 aromatic heterocycles. The van der Waals surface area contributed by atoms with Gasteiger partial charge in [-0.25, -0.2) is 0 Å². The molecule has 116 valence electrons. The molecule has 2 aromatic rings. The van der Waals surface area contributed by atoms with E-state index in [1.807, 2.05) is 35.2 Å². The molecule has 0 aliphatic carbocycles. The predicted octanol–water partition coefficient (Wildman–Crippen LogP) is 1.69. The smallest absolute Gasteiger partial charge is 0.279 e. The highest BCUT2D eigenvalue weighted by molar-refractivity contribution is 7.04. The summed E-state index contributed by atoms with van der Waals surface area (Å²) in [6.45, 7) is 1.48. The lowest BCUT2D eigenvalue weighted by molar-refractivity contribution is -0.131. The maximum Gasteiger partial charge on any atom is 0.279 e. The molecule has 1 aliphatic heterocycles. The Kier molecular flexibility index (Phi) is 4.58. The predicted molar refractivity (Wildman–Crippen MR) is 87.7 cm³/mol. The number of hydrogen-bond donors (Lipinski definition) is 1. The van der Waals surface area contributed by atoms with Crippen molar-refractivity contribution in [3.8, 4) is 0 Å². The van der Waals surface area contributed by atoms with E-state index in [1.54, 1.807) is 15.5 Å². The molecule has 0 saturated carbocycles. The number of carbonyl (C=O) groups excluding carboxylic acids is 1. The fourth-order valence-electron chi connectivity index (χ4n) is 2.67. The van der Waals surface area contributed by atoms with Gasteiger partial charge in [0.2, 0.25) is 5.91 Å². The van der Waals surface area contributed by atoms with E-state index in [-0.39, 0.29) is 17.5 Å². The molecule has 0 atom stereocenters. The molecule has 3 rings (SSSR count). The van der Waals surface area contributed by atoms with Gasteiger partial charge in [0.05, 0.1) is 6.42 Å². The zero-order valence-electron chi connectivity index (χ0n) is 12.3. The van der Waals surface area contributed by atoms with E-state index in [2.05, 4.69) is 5.43 Å². The third-order valence-electron chi connectivity index (χ3n) is 3.92. The van der Waals surface area contributed by atoms with Crippen molar-refractivity contribution in [3.63, 3.8) is 0 Å². The van der Waals surface area contributed by atoms with Crippen molar-refractivity contribution in [3.05, 3.63) is 57.7 Å². The Morgan fingerprint density at radius 3 is 2.55 bits per heavy atom. The molecule has 6 heteroatoms. The Balaban J connectivity index is 1.50. The third kappa shape index (κ3) is 3.57. The second-order valence-corrected chi connectivity index (χ2v) is 6.34. The number of rotatable bonds is 4. The van der Waals surface area contributed by atoms with E-state index in [0.717, 1.165) is 31.5 Å². The molecule has 22 heavy (non-hydrogen) atoms. The number of aromatic nitrogens is 1. The molecule has 5 nitrogen and oxygen atoms in total. The van der Waals surface area contributed by atoms with Crippen LogP contribution in [0.4, 0.5) is 0 Å². The fraction of sp³-hybridized carbons (Fsp3) is 0.375. The number of benzene rings is 1. The molecule has 0 unspecified atom stereocenters. The standard InChI is InChI=1S/C16H19N3O2S/c20-15-8-11-22-19(15)17-14-6-9-18(10-7-14)16(21)12-13-4-2-1-3-5-13/h1-5,8,11,14,17H,6-7,9-10,12H2. The molecule has 0 spiro atoms. The number of likely N-dealkylation sites (tertiary alicyclic amines) is 1. The molecule has 1 N–H and O–H groups in total. The Morgan fingerprint density at radius 2 is 1.91 bits per heavy atom. The summed E-state index contributed by atoms with van der Waals surface area (Å²) in [6, 6.07) is 11.6. The summed E-state index contributed by atoms with van der Waals surface area (Å²) in [6.07, 6.45) is 2.19. The van der Waals surface area contributed by atoms with Crippen LogP contribution in [-0.4, -0.2) is 34.0 Å². The summed E-state index contributed by atoms with van der Waals surface area (Å²) in [5.41, 5.74) is 4.26. The lowest BCUT2D eigenvalue weighted by atomic mass is 10.0. The van der Waals surface area contributed by atoms with Crippen molar-refractivity contribution in [2.75, 3.05) is 18.5 Å². The van der Waals surface area contributed by atoms with Crippen LogP contribution in [0.25, 0.3) is 0 Å². The first-order chi connectivity index (χ1) is 10.7. The van der Waals surface area contributed by atoms with Crippen LogP contribution in [0.5, 0.6) is 0 Å². The summed E-state index contributed by atoms with van der Waals surface area (Å²) in [5.74, 6) is 0.179. The van der Waals surface area contributed by atoms with E-state index < -0.39 is 0 Å². The number of amides is 1. The van der Waals surface area contributed by atoms with Gasteiger partial charge in [-0.05, 0) is 29.9 Å². The van der Waals surface area contributed by atoms with Crippen molar-refractivity contribution in [1.29, 1.82) is 0 Å². The minimum Gasteiger partial charge on any atom is -0.342 e. The molecule has 1 amide bonds. The van der Waals surface area contributed by atoms with Gasteiger partial charge in [0.15, 0.2) is 0 Å². The van der Waals surface area contributed by atoms with Crippen LogP contribution in [0.15, 0.2) is 46.6 Å². The van der Waals surface area contributed by atoms with Crippen LogP contribution >= 0.6 is 11.5 Å². The minimum atomic E-state index is -0.0208. The Bertz CT molecular complexity index is 672. The molecule has 1 aliphatic rings. The second-order valence-electron chi connectivity index (χ2n) is 5.49. The highest BCUT2D eigenvalue weighted by atomic mass is 32.1. The van der Waals surface area contributed by atoms with Crippen LogP contribution in [0.3, 0.4) is 0 Å². The van der Waals surface area contributed by atoms with Gasteiger partial charge in [-0.2, -0.15) is 4.07 Å². The van der Waals surface area contributed by atoms with Gasteiger partial charge in [-0.1, -0.05) is 30.3 Å². The van der Waals surface area contributed by atoms with E-state index >= 15 is 0 Å². The first kappa shape index (κ1) is 14.8. The Morgan fingerprint density at radius 1 is 1.18 bits per heavy atom. The van der Waals surface area contributed by atoms with Crippen LogP contribution in [0.1, 0.15) is 18.4 Å². The van der Waals surface area contributed by atoms with Gasteiger partial charge in [-0.3, -0.25) is 9.59 Å². The van der Waals surface area contributed by atoms with E-state index in [0.29, 0.717) is 6.42 Å². The zero-order chi connectivity index (χ0) is 15.4. The van der Waals surface area contributed by atoms with Crippen LogP contribution in [0.2, 0.25) is 0 Å². The van der Waals surface area contributed by atoms with Crippen LogP contribution < -0.4 is 11.0 Å². The summed E-state index contributed by atoms with van der Waals surface area (Å²) in [4.78, 5) is 25.7. The maximum absolute atomic E-state index is 12.3. The monoisotopic (exact) mass is 317 g/mol. The SMILES string of the molecule is O=C(Cc1ccccc1)N1CCC(Nn2sccc2=O)CC1. The van der Waals surface area contributed by atoms with Gasteiger partial charge in [0.1, 0.15) is 0 Å². The van der Waals surface area contributed by atoms with Gasteiger partial charge >= 0.3 is 0 Å². The zero-order valence-corrected chi connectivity index (χ0v) is 13.1. The minimum absolute atomic E-state index is 0.0208. The normalized spacial score (nSPS) is 15.7. The maximum atomic E-state index is 12.3. The largest absolute Gasteiger partial charge is 0.342 e. The lowest BCUT2D eigenvalue weighted by Gasteiger charge is -2.32. The topological polar surface area (TPSA) is 54.3 Å². The second kappa shape index (κ2) is 6.79. The highest BCUT2D eigenvalue weighted by Crippen LogP contribution is 2.13. The number of piperidine rings is 1. The summed E-state index contributed by atoms with van der Waals surface area (Å²) in [7, 11) is 0.